The van der Waals surface area contributed by atoms with Gasteiger partial charge in [-0.3, -0.25) is 14.6 Å². The van der Waals surface area contributed by atoms with E-state index in [9.17, 15) is 9.59 Å². The Balaban J connectivity index is 1.32. The molecule has 7 heteroatoms. The van der Waals surface area contributed by atoms with Crippen molar-refractivity contribution >= 4 is 34.2 Å². The number of carbonyl (C=O) groups excluding carboxylic acids is 2. The van der Waals surface area contributed by atoms with Gasteiger partial charge in [-0.2, -0.15) is 0 Å². The molecule has 0 bridgehead atoms. The zero-order chi connectivity index (χ0) is 22.6. The Morgan fingerprint density at radius 1 is 0.727 bits per heavy atom. The van der Waals surface area contributed by atoms with E-state index in [1.54, 1.807) is 48.7 Å². The third kappa shape index (κ3) is 4.33. The molecule has 5 aromatic rings. The summed E-state index contributed by atoms with van der Waals surface area (Å²) in [7, 11) is 0. The lowest BCUT2D eigenvalue weighted by Crippen LogP contribution is -2.14. The fourth-order valence-corrected chi connectivity index (χ4v) is 3.47. The molecule has 2 aromatic heterocycles. The molecule has 0 saturated carbocycles. The van der Waals surface area contributed by atoms with Crippen molar-refractivity contribution in [2.24, 2.45) is 0 Å². The first kappa shape index (κ1) is 20.1. The second-order valence-electron chi connectivity index (χ2n) is 7.35. The van der Waals surface area contributed by atoms with Crippen molar-refractivity contribution in [1.29, 1.82) is 0 Å². The third-order valence-electron chi connectivity index (χ3n) is 5.12. The number of rotatable bonds is 5. The van der Waals surface area contributed by atoms with Crippen LogP contribution in [0.25, 0.3) is 22.4 Å². The molecule has 0 aliphatic carbocycles. The van der Waals surface area contributed by atoms with Gasteiger partial charge in [0.1, 0.15) is 11.5 Å². The lowest BCUT2D eigenvalue weighted by molar-refractivity contribution is 0.101. The normalized spacial score (nSPS) is 10.7. The number of carbonyl (C=O) groups is 2. The number of amides is 2. The number of H-pyrrole nitrogens is 1. The molecule has 0 radical (unpaired) electrons. The van der Waals surface area contributed by atoms with Gasteiger partial charge in [0.25, 0.3) is 11.8 Å². The van der Waals surface area contributed by atoms with Crippen molar-refractivity contribution in [1.82, 2.24) is 15.0 Å². The number of aromatic nitrogens is 3. The minimum absolute atomic E-state index is 0.263. The highest BCUT2D eigenvalue weighted by Crippen LogP contribution is 2.28. The number of nitrogens with one attached hydrogen (secondary N) is 3. The van der Waals surface area contributed by atoms with E-state index in [4.69, 9.17) is 0 Å². The molecule has 3 N–H and O–H groups in total. The quantitative estimate of drug-likeness (QED) is 0.358. The number of benzene rings is 3. The Morgan fingerprint density at radius 3 is 2.27 bits per heavy atom. The standard InChI is InChI=1S/C26H19N5O2/c32-25(17-12-14-18(15-13-17)28-26(33)23-11-5-6-16-27-23)31-20-8-2-1-7-19(20)24-29-21-9-3-4-10-22(21)30-24/h1-16H,(H,28,33)(H,29,30)(H,31,32). The number of anilines is 2. The number of imidazole rings is 1. The van der Waals surface area contributed by atoms with Gasteiger partial charge in [0, 0.05) is 23.0 Å². The maximum Gasteiger partial charge on any atom is 0.274 e. The molecule has 0 aliphatic heterocycles. The van der Waals surface area contributed by atoms with Crippen LogP contribution in [-0.2, 0) is 0 Å². The summed E-state index contributed by atoms with van der Waals surface area (Å²) in [4.78, 5) is 37.1. The summed E-state index contributed by atoms with van der Waals surface area (Å²) >= 11 is 0. The number of hydrogen-bond donors (Lipinski definition) is 3. The summed E-state index contributed by atoms with van der Waals surface area (Å²) < 4.78 is 0. The van der Waals surface area contributed by atoms with E-state index in [0.717, 1.165) is 16.6 Å². The van der Waals surface area contributed by atoms with E-state index in [1.807, 2.05) is 48.5 Å². The smallest absolute Gasteiger partial charge is 0.274 e. The van der Waals surface area contributed by atoms with Gasteiger partial charge in [-0.15, -0.1) is 0 Å². The fourth-order valence-electron chi connectivity index (χ4n) is 3.47. The Kier molecular flexibility index (Phi) is 5.35. The molecule has 0 aliphatic rings. The molecule has 0 fully saturated rings. The maximum atomic E-state index is 12.9. The Morgan fingerprint density at radius 2 is 1.48 bits per heavy atom. The Bertz CT molecular complexity index is 1410. The number of para-hydroxylation sites is 3. The van der Waals surface area contributed by atoms with Crippen LogP contribution in [0.1, 0.15) is 20.8 Å². The van der Waals surface area contributed by atoms with Crippen molar-refractivity contribution in [3.05, 3.63) is 108 Å². The topological polar surface area (TPSA) is 99.8 Å². The molecule has 0 spiro atoms. The highest BCUT2D eigenvalue weighted by atomic mass is 16.2. The molecule has 7 nitrogen and oxygen atoms in total. The number of pyridine rings is 1. The molecule has 0 unspecified atom stereocenters. The van der Waals surface area contributed by atoms with Gasteiger partial charge >= 0.3 is 0 Å². The first-order valence-corrected chi connectivity index (χ1v) is 10.4. The van der Waals surface area contributed by atoms with Gasteiger partial charge in [-0.05, 0) is 60.7 Å². The molecule has 160 valence electrons. The number of fused-ring (bicyclic) bond motifs is 1. The van der Waals surface area contributed by atoms with Crippen LogP contribution in [0.2, 0.25) is 0 Å². The zero-order valence-electron chi connectivity index (χ0n) is 17.4. The fraction of sp³-hybridized carbons (Fsp3) is 0. The van der Waals surface area contributed by atoms with Crippen LogP contribution in [0.4, 0.5) is 11.4 Å². The van der Waals surface area contributed by atoms with Crippen molar-refractivity contribution in [2.75, 3.05) is 10.6 Å². The minimum Gasteiger partial charge on any atom is -0.338 e. The number of aromatic amines is 1. The molecule has 33 heavy (non-hydrogen) atoms. The lowest BCUT2D eigenvalue weighted by atomic mass is 10.1. The van der Waals surface area contributed by atoms with E-state index in [1.165, 1.54) is 0 Å². The molecule has 0 saturated heterocycles. The lowest BCUT2D eigenvalue weighted by Gasteiger charge is -2.10. The Hall–Kier alpha value is -4.78. The van der Waals surface area contributed by atoms with Crippen molar-refractivity contribution in [3.63, 3.8) is 0 Å². The van der Waals surface area contributed by atoms with E-state index < -0.39 is 0 Å². The predicted molar refractivity (Wildman–Crippen MR) is 128 cm³/mol. The summed E-state index contributed by atoms with van der Waals surface area (Å²) in [5, 5.41) is 5.73. The van der Waals surface area contributed by atoms with Crippen molar-refractivity contribution < 1.29 is 9.59 Å². The van der Waals surface area contributed by atoms with E-state index >= 15 is 0 Å². The summed E-state index contributed by atoms with van der Waals surface area (Å²) in [6.07, 6.45) is 1.56. The molecule has 0 atom stereocenters. The number of hydrogen-bond acceptors (Lipinski definition) is 4. The third-order valence-corrected chi connectivity index (χ3v) is 5.12. The summed E-state index contributed by atoms with van der Waals surface area (Å²) in [5.74, 6) is 0.105. The Labute approximate surface area is 189 Å². The average molecular weight is 433 g/mol. The van der Waals surface area contributed by atoms with Crippen LogP contribution in [0.3, 0.4) is 0 Å². The first-order chi connectivity index (χ1) is 16.2. The highest BCUT2D eigenvalue weighted by Gasteiger charge is 2.13. The van der Waals surface area contributed by atoms with Crippen LogP contribution in [0, 0.1) is 0 Å². The van der Waals surface area contributed by atoms with Crippen LogP contribution in [0.15, 0.2) is 97.2 Å². The predicted octanol–water partition coefficient (Wildman–Crippen LogP) is 5.13. The van der Waals surface area contributed by atoms with Crippen molar-refractivity contribution in [3.8, 4) is 11.4 Å². The van der Waals surface area contributed by atoms with Gasteiger partial charge in [-0.25, -0.2) is 4.98 Å². The molecular weight excluding hydrogens is 414 g/mol. The van der Waals surface area contributed by atoms with E-state index in [-0.39, 0.29) is 11.8 Å². The van der Waals surface area contributed by atoms with Crippen LogP contribution >= 0.6 is 0 Å². The number of nitrogens with zero attached hydrogens (tertiary/aromatic N) is 2. The molecule has 2 heterocycles. The summed E-state index contributed by atoms with van der Waals surface area (Å²) in [6.45, 7) is 0. The van der Waals surface area contributed by atoms with Gasteiger partial charge in [0.05, 0.1) is 16.7 Å². The highest BCUT2D eigenvalue weighted by molar-refractivity contribution is 6.07. The van der Waals surface area contributed by atoms with Crippen LogP contribution in [-0.4, -0.2) is 26.8 Å². The van der Waals surface area contributed by atoms with Crippen molar-refractivity contribution in [2.45, 2.75) is 0 Å². The SMILES string of the molecule is O=C(Nc1ccccc1-c1nc2ccccc2[nH]1)c1ccc(NC(=O)c2ccccn2)cc1. The van der Waals surface area contributed by atoms with Gasteiger partial charge in [-0.1, -0.05) is 30.3 Å². The maximum absolute atomic E-state index is 12.9. The van der Waals surface area contributed by atoms with Gasteiger partial charge < -0.3 is 15.6 Å². The molecular formula is C26H19N5O2. The summed E-state index contributed by atoms with van der Waals surface area (Å²) in [5.41, 5.74) is 4.58. The molecule has 2 amide bonds. The van der Waals surface area contributed by atoms with E-state index in [0.29, 0.717) is 28.5 Å². The second kappa shape index (κ2) is 8.76. The van der Waals surface area contributed by atoms with Crippen LogP contribution < -0.4 is 10.6 Å². The molecule has 5 rings (SSSR count). The molecule has 3 aromatic carbocycles. The second-order valence-corrected chi connectivity index (χ2v) is 7.35. The summed E-state index contributed by atoms with van der Waals surface area (Å²) in [6, 6.07) is 27.1. The van der Waals surface area contributed by atoms with E-state index in [2.05, 4.69) is 25.6 Å². The van der Waals surface area contributed by atoms with Gasteiger partial charge in [0.15, 0.2) is 0 Å². The first-order valence-electron chi connectivity index (χ1n) is 10.4. The largest absolute Gasteiger partial charge is 0.338 e. The van der Waals surface area contributed by atoms with Crippen LogP contribution in [0.5, 0.6) is 0 Å². The zero-order valence-corrected chi connectivity index (χ0v) is 17.4. The average Bonchev–Trinajstić information content (AvgIpc) is 3.29. The monoisotopic (exact) mass is 433 g/mol. The minimum atomic E-state index is -0.312. The van der Waals surface area contributed by atoms with Gasteiger partial charge in [0.2, 0.25) is 0 Å².